The minimum atomic E-state index is 0.543. The molecule has 4 nitrogen and oxygen atoms in total. The summed E-state index contributed by atoms with van der Waals surface area (Å²) in [5, 5.41) is 2.46. The summed E-state index contributed by atoms with van der Waals surface area (Å²) < 4.78 is 2.29. The van der Waals surface area contributed by atoms with Gasteiger partial charge >= 0.3 is 0 Å². The number of aromatic nitrogens is 3. The molecule has 2 fully saturated rings. The van der Waals surface area contributed by atoms with Crippen molar-refractivity contribution in [1.29, 1.82) is 0 Å². The molecule has 1 saturated heterocycles. The lowest BCUT2D eigenvalue weighted by molar-refractivity contribution is 0.179. The molecule has 2 bridgehead atoms. The summed E-state index contributed by atoms with van der Waals surface area (Å²) >= 11 is 0. The molecule has 0 amide bonds. The second-order valence-corrected chi connectivity index (χ2v) is 12.5. The van der Waals surface area contributed by atoms with E-state index in [9.17, 15) is 0 Å². The first-order valence-corrected chi connectivity index (χ1v) is 15.4. The van der Waals surface area contributed by atoms with Crippen LogP contribution in [0.5, 0.6) is 0 Å². The van der Waals surface area contributed by atoms with E-state index < -0.39 is 0 Å². The summed E-state index contributed by atoms with van der Waals surface area (Å²) in [7, 11) is 0. The Morgan fingerprint density at radius 3 is 2.07 bits per heavy atom. The van der Waals surface area contributed by atoms with Crippen molar-refractivity contribution in [1.82, 2.24) is 14.5 Å². The quantitative estimate of drug-likeness (QED) is 0.220. The van der Waals surface area contributed by atoms with Crippen LogP contribution in [0.2, 0.25) is 0 Å². The van der Waals surface area contributed by atoms with Crippen molar-refractivity contribution in [3.8, 4) is 28.5 Å². The summed E-state index contributed by atoms with van der Waals surface area (Å²) in [6, 6.07) is 40.0. The smallest absolute Gasteiger partial charge is 0.162 e. The summed E-state index contributed by atoms with van der Waals surface area (Å²) in [6.45, 7) is 4.84. The molecular formula is C38H36N4. The monoisotopic (exact) mass is 548 g/mol. The number of benzene rings is 4. The number of piperidine rings is 1. The SMILES string of the molecule is CC1CC2CC(C)N(c3cccc(-c4nc(-c5ccccc5)cc(-n5c6ccccc6c6ccccc65)n4)c3)C(C1)C2. The van der Waals surface area contributed by atoms with E-state index in [1.807, 2.05) is 0 Å². The Bertz CT molecular complexity index is 1850. The zero-order chi connectivity index (χ0) is 28.2. The van der Waals surface area contributed by atoms with Gasteiger partial charge in [-0.3, -0.25) is 4.57 Å². The van der Waals surface area contributed by atoms with E-state index in [2.05, 4.69) is 133 Å². The number of hydrogen-bond donors (Lipinski definition) is 0. The zero-order valence-electron chi connectivity index (χ0n) is 24.3. The van der Waals surface area contributed by atoms with Gasteiger partial charge in [-0.05, 0) is 68.7 Å². The van der Waals surface area contributed by atoms with E-state index in [4.69, 9.17) is 9.97 Å². The third-order valence-corrected chi connectivity index (χ3v) is 9.55. The molecule has 4 unspecified atom stereocenters. The highest BCUT2D eigenvalue weighted by atomic mass is 15.2. The standard InChI is InChI=1S/C38H36N4/c1-25-19-27-21-26(2)41(31(20-25)22-27)30-14-10-13-29(23-30)38-39-34(28-11-4-3-5-12-28)24-37(40-38)42-35-17-8-6-15-32(35)33-16-7-9-18-36(33)42/h3-18,23-27,31H,19-22H2,1-2H3. The molecule has 0 radical (unpaired) electrons. The van der Waals surface area contributed by atoms with Gasteiger partial charge in [-0.25, -0.2) is 9.97 Å². The van der Waals surface area contributed by atoms with Gasteiger partial charge in [-0.1, -0.05) is 85.8 Å². The van der Waals surface area contributed by atoms with Crippen LogP contribution in [0, 0.1) is 11.8 Å². The maximum atomic E-state index is 5.28. The molecule has 8 rings (SSSR count). The van der Waals surface area contributed by atoms with Crippen LogP contribution >= 0.6 is 0 Å². The van der Waals surface area contributed by atoms with Crippen molar-refractivity contribution in [2.45, 2.75) is 51.6 Å². The molecule has 2 aromatic heterocycles. The average molecular weight is 549 g/mol. The molecule has 4 aromatic carbocycles. The number of rotatable bonds is 4. The molecule has 208 valence electrons. The molecule has 3 heterocycles. The summed E-state index contributed by atoms with van der Waals surface area (Å²) in [4.78, 5) is 13.2. The predicted molar refractivity (Wildman–Crippen MR) is 174 cm³/mol. The Morgan fingerprint density at radius 2 is 1.31 bits per heavy atom. The summed E-state index contributed by atoms with van der Waals surface area (Å²) in [5.41, 5.74) is 6.68. The lowest BCUT2D eigenvalue weighted by Gasteiger charge is -2.50. The molecule has 42 heavy (non-hydrogen) atoms. The van der Waals surface area contributed by atoms with Gasteiger partial charge in [-0.2, -0.15) is 0 Å². The zero-order valence-corrected chi connectivity index (χ0v) is 24.3. The fraction of sp³-hybridized carbons (Fsp3) is 0.263. The van der Waals surface area contributed by atoms with Gasteiger partial charge in [0.15, 0.2) is 5.82 Å². The lowest BCUT2D eigenvalue weighted by atomic mass is 9.72. The van der Waals surface area contributed by atoms with Crippen molar-refractivity contribution >= 4 is 27.5 Å². The van der Waals surface area contributed by atoms with Gasteiger partial charge in [0.05, 0.1) is 16.7 Å². The van der Waals surface area contributed by atoms with E-state index in [0.717, 1.165) is 51.3 Å². The Kier molecular flexibility index (Phi) is 6.10. The molecule has 1 aliphatic carbocycles. The number of hydrogen-bond acceptors (Lipinski definition) is 3. The van der Waals surface area contributed by atoms with Crippen LogP contribution in [0.4, 0.5) is 5.69 Å². The Morgan fingerprint density at radius 1 is 0.619 bits per heavy atom. The van der Waals surface area contributed by atoms with Crippen molar-refractivity contribution < 1.29 is 0 Å². The fourth-order valence-electron chi connectivity index (χ4n) is 7.96. The third-order valence-electron chi connectivity index (χ3n) is 9.55. The average Bonchev–Trinajstić information content (AvgIpc) is 3.35. The maximum Gasteiger partial charge on any atom is 0.162 e. The van der Waals surface area contributed by atoms with Crippen LogP contribution in [0.1, 0.15) is 39.5 Å². The van der Waals surface area contributed by atoms with E-state index >= 15 is 0 Å². The largest absolute Gasteiger partial charge is 0.366 e. The fourth-order valence-corrected chi connectivity index (χ4v) is 7.96. The van der Waals surface area contributed by atoms with E-state index in [1.54, 1.807) is 0 Å². The maximum absolute atomic E-state index is 5.28. The topological polar surface area (TPSA) is 34.0 Å². The van der Waals surface area contributed by atoms with E-state index in [-0.39, 0.29) is 0 Å². The first kappa shape index (κ1) is 25.3. The van der Waals surface area contributed by atoms with Gasteiger partial charge in [0.25, 0.3) is 0 Å². The summed E-state index contributed by atoms with van der Waals surface area (Å²) in [6.07, 6.45) is 5.27. The van der Waals surface area contributed by atoms with Crippen molar-refractivity contribution in [3.05, 3.63) is 109 Å². The second kappa shape index (κ2) is 10.1. The molecule has 4 atom stereocenters. The molecular weight excluding hydrogens is 512 g/mol. The Balaban J connectivity index is 1.30. The number of para-hydroxylation sites is 2. The van der Waals surface area contributed by atoms with E-state index in [1.165, 1.54) is 42.1 Å². The first-order valence-electron chi connectivity index (χ1n) is 15.4. The summed E-state index contributed by atoms with van der Waals surface area (Å²) in [5.74, 6) is 3.31. The second-order valence-electron chi connectivity index (χ2n) is 12.5. The van der Waals surface area contributed by atoms with Gasteiger partial charge in [0.1, 0.15) is 5.82 Å². The predicted octanol–water partition coefficient (Wildman–Crippen LogP) is 9.31. The number of anilines is 1. The van der Waals surface area contributed by atoms with Gasteiger partial charge in [0.2, 0.25) is 0 Å². The van der Waals surface area contributed by atoms with Crippen molar-refractivity contribution in [3.63, 3.8) is 0 Å². The molecule has 4 heteroatoms. The molecule has 2 aliphatic rings. The molecule has 0 N–H and O–H groups in total. The highest BCUT2D eigenvalue weighted by molar-refractivity contribution is 6.09. The van der Waals surface area contributed by atoms with Gasteiger partial charge in [0, 0.05) is 45.7 Å². The highest BCUT2D eigenvalue weighted by Crippen LogP contribution is 2.43. The third kappa shape index (κ3) is 4.28. The molecule has 0 spiro atoms. The van der Waals surface area contributed by atoms with Crippen molar-refractivity contribution in [2.75, 3.05) is 4.90 Å². The van der Waals surface area contributed by atoms with E-state index in [0.29, 0.717) is 12.1 Å². The van der Waals surface area contributed by atoms with Crippen LogP contribution in [-0.4, -0.2) is 26.6 Å². The van der Waals surface area contributed by atoms with Crippen LogP contribution < -0.4 is 4.90 Å². The van der Waals surface area contributed by atoms with Crippen LogP contribution in [0.15, 0.2) is 109 Å². The Hall–Kier alpha value is -4.44. The van der Waals surface area contributed by atoms with Crippen LogP contribution in [-0.2, 0) is 0 Å². The lowest BCUT2D eigenvalue weighted by Crippen LogP contribution is -2.51. The molecule has 1 aliphatic heterocycles. The number of fused-ring (bicyclic) bond motifs is 5. The van der Waals surface area contributed by atoms with Crippen molar-refractivity contribution in [2.24, 2.45) is 11.8 Å². The highest BCUT2D eigenvalue weighted by Gasteiger charge is 2.38. The van der Waals surface area contributed by atoms with Crippen LogP contribution in [0.25, 0.3) is 50.3 Å². The Labute approximate surface area is 247 Å². The molecule has 1 saturated carbocycles. The molecule has 6 aromatic rings. The normalized spacial score (nSPS) is 22.1. The minimum absolute atomic E-state index is 0.543. The first-order chi connectivity index (χ1) is 20.6. The van der Waals surface area contributed by atoms with Gasteiger partial charge in [-0.15, -0.1) is 0 Å². The van der Waals surface area contributed by atoms with Gasteiger partial charge < -0.3 is 4.90 Å². The number of nitrogens with zero attached hydrogens (tertiary/aromatic N) is 4. The van der Waals surface area contributed by atoms with Crippen LogP contribution in [0.3, 0.4) is 0 Å². The minimum Gasteiger partial charge on any atom is -0.366 e.